The maximum absolute atomic E-state index is 12.4. The van der Waals surface area contributed by atoms with Crippen LogP contribution in [0.1, 0.15) is 15.2 Å². The lowest BCUT2D eigenvalue weighted by Gasteiger charge is -2.16. The highest BCUT2D eigenvalue weighted by Crippen LogP contribution is 2.42. The van der Waals surface area contributed by atoms with Crippen LogP contribution >= 0.6 is 11.3 Å². The van der Waals surface area contributed by atoms with Crippen LogP contribution in [0.3, 0.4) is 0 Å². The average molecular weight is 425 g/mol. The quantitative estimate of drug-likeness (QED) is 0.598. The number of rotatable bonds is 6. The summed E-state index contributed by atoms with van der Waals surface area (Å²) >= 11 is 1.33. The number of ether oxygens (including phenoxy) is 4. The predicted octanol–water partition coefficient (Wildman–Crippen LogP) is 4.12. The van der Waals surface area contributed by atoms with Gasteiger partial charge < -0.3 is 24.3 Å². The molecule has 0 fully saturated rings. The predicted molar refractivity (Wildman–Crippen MR) is 113 cm³/mol. The number of carbonyl (C=O) groups is 2. The van der Waals surface area contributed by atoms with E-state index in [-0.39, 0.29) is 0 Å². The number of benzene rings is 2. The lowest BCUT2D eigenvalue weighted by Crippen LogP contribution is -2.20. The molecule has 0 saturated carbocycles. The second-order valence-corrected chi connectivity index (χ2v) is 7.50. The maximum Gasteiger partial charge on any atom is 0.348 e. The SMILES string of the molecule is COc1ccc(NC(=O)COC(=O)c2cc3c(s2)-c2ccccc2OC3)cc1OC. The van der Waals surface area contributed by atoms with Crippen molar-refractivity contribution in [1.29, 1.82) is 0 Å². The van der Waals surface area contributed by atoms with E-state index in [4.69, 9.17) is 18.9 Å². The van der Waals surface area contributed by atoms with Crippen LogP contribution in [0.2, 0.25) is 0 Å². The van der Waals surface area contributed by atoms with Crippen LogP contribution in [0.5, 0.6) is 17.2 Å². The molecule has 1 aliphatic heterocycles. The van der Waals surface area contributed by atoms with Gasteiger partial charge in [0.05, 0.1) is 14.2 Å². The molecule has 1 aliphatic rings. The zero-order chi connectivity index (χ0) is 21.1. The number of nitrogens with one attached hydrogen (secondary N) is 1. The van der Waals surface area contributed by atoms with Crippen LogP contribution < -0.4 is 19.5 Å². The molecule has 0 atom stereocenters. The first-order chi connectivity index (χ1) is 14.6. The van der Waals surface area contributed by atoms with E-state index in [0.29, 0.717) is 28.7 Å². The highest BCUT2D eigenvalue weighted by Gasteiger charge is 2.23. The molecule has 0 spiro atoms. The topological polar surface area (TPSA) is 83.1 Å². The normalized spacial score (nSPS) is 11.5. The van der Waals surface area contributed by atoms with Gasteiger partial charge in [0.15, 0.2) is 18.1 Å². The molecule has 4 rings (SSSR count). The van der Waals surface area contributed by atoms with E-state index in [1.807, 2.05) is 24.3 Å². The molecule has 0 radical (unpaired) electrons. The van der Waals surface area contributed by atoms with Gasteiger partial charge in [0.1, 0.15) is 17.2 Å². The smallest absolute Gasteiger partial charge is 0.348 e. The molecule has 3 aromatic rings. The summed E-state index contributed by atoms with van der Waals surface area (Å²) in [5.74, 6) is 0.828. The maximum atomic E-state index is 12.4. The van der Waals surface area contributed by atoms with Crippen molar-refractivity contribution in [2.24, 2.45) is 0 Å². The van der Waals surface area contributed by atoms with E-state index < -0.39 is 18.5 Å². The summed E-state index contributed by atoms with van der Waals surface area (Å²) in [6, 6.07) is 14.4. The molecule has 7 nitrogen and oxygen atoms in total. The van der Waals surface area contributed by atoms with Crippen molar-refractivity contribution in [1.82, 2.24) is 0 Å². The summed E-state index contributed by atoms with van der Waals surface area (Å²) in [4.78, 5) is 26.0. The highest BCUT2D eigenvalue weighted by molar-refractivity contribution is 7.17. The van der Waals surface area contributed by atoms with Crippen molar-refractivity contribution >= 4 is 28.9 Å². The highest BCUT2D eigenvalue weighted by atomic mass is 32.1. The van der Waals surface area contributed by atoms with Gasteiger partial charge in [0.25, 0.3) is 5.91 Å². The fraction of sp³-hybridized carbons (Fsp3) is 0.182. The van der Waals surface area contributed by atoms with E-state index in [0.717, 1.165) is 21.8 Å². The molecule has 2 aromatic carbocycles. The van der Waals surface area contributed by atoms with E-state index in [1.165, 1.54) is 25.6 Å². The molecule has 0 bridgehead atoms. The van der Waals surface area contributed by atoms with E-state index in [2.05, 4.69) is 5.32 Å². The van der Waals surface area contributed by atoms with Crippen molar-refractivity contribution in [3.8, 4) is 27.7 Å². The first-order valence-corrected chi connectivity index (χ1v) is 9.94. The number of amides is 1. The standard InChI is InChI=1S/C22H19NO6S/c1-26-17-8-7-14(10-18(17)27-2)23-20(24)12-29-22(25)19-9-13-11-28-16-6-4-3-5-15(16)21(13)30-19/h3-10H,11-12H2,1-2H3,(H,23,24). The van der Waals surface area contributed by atoms with Crippen LogP contribution in [0, 0.1) is 0 Å². The second kappa shape index (κ2) is 8.46. The number of methoxy groups -OCH3 is 2. The van der Waals surface area contributed by atoms with Crippen molar-refractivity contribution in [2.45, 2.75) is 6.61 Å². The van der Waals surface area contributed by atoms with Gasteiger partial charge in [0.2, 0.25) is 0 Å². The molecule has 1 aromatic heterocycles. The molecule has 0 unspecified atom stereocenters. The number of carbonyl (C=O) groups excluding carboxylic acids is 2. The van der Waals surface area contributed by atoms with E-state index in [9.17, 15) is 9.59 Å². The summed E-state index contributed by atoms with van der Waals surface area (Å²) in [7, 11) is 3.04. The van der Waals surface area contributed by atoms with Gasteiger partial charge in [-0.15, -0.1) is 11.3 Å². The Bertz CT molecular complexity index is 1110. The molecule has 8 heteroatoms. The summed E-state index contributed by atoms with van der Waals surface area (Å²) in [6.45, 7) is -0.00124. The monoisotopic (exact) mass is 425 g/mol. The number of hydrogen-bond acceptors (Lipinski definition) is 7. The lowest BCUT2D eigenvalue weighted by atomic mass is 10.1. The minimum Gasteiger partial charge on any atom is -0.493 e. The van der Waals surface area contributed by atoms with Crippen LogP contribution in [0.15, 0.2) is 48.5 Å². The zero-order valence-electron chi connectivity index (χ0n) is 16.4. The Kier molecular flexibility index (Phi) is 5.58. The third-order valence-electron chi connectivity index (χ3n) is 4.53. The molecule has 1 N–H and O–H groups in total. The molecular formula is C22H19NO6S. The van der Waals surface area contributed by atoms with Gasteiger partial charge in [-0.05, 0) is 30.3 Å². The number of anilines is 1. The third kappa shape index (κ3) is 3.95. The molecule has 154 valence electrons. The van der Waals surface area contributed by atoms with E-state index >= 15 is 0 Å². The van der Waals surface area contributed by atoms with E-state index in [1.54, 1.807) is 24.3 Å². The van der Waals surface area contributed by atoms with Gasteiger partial charge in [-0.2, -0.15) is 0 Å². The Balaban J connectivity index is 1.39. The molecule has 2 heterocycles. The Morgan fingerprint density at radius 3 is 2.67 bits per heavy atom. The Hall–Kier alpha value is -3.52. The van der Waals surface area contributed by atoms with Gasteiger partial charge in [-0.25, -0.2) is 4.79 Å². The number of fused-ring (bicyclic) bond motifs is 3. The van der Waals surface area contributed by atoms with Crippen LogP contribution in [0.25, 0.3) is 10.4 Å². The zero-order valence-corrected chi connectivity index (χ0v) is 17.2. The van der Waals surface area contributed by atoms with Crippen molar-refractivity contribution in [3.05, 3.63) is 59.0 Å². The Morgan fingerprint density at radius 1 is 1.07 bits per heavy atom. The largest absolute Gasteiger partial charge is 0.493 e. The van der Waals surface area contributed by atoms with Crippen LogP contribution in [-0.2, 0) is 16.1 Å². The molecule has 30 heavy (non-hydrogen) atoms. The summed E-state index contributed by atoms with van der Waals surface area (Å²) in [6.07, 6.45) is 0. The molecule has 1 amide bonds. The minimum absolute atomic E-state index is 0.399. The molecule has 0 saturated heterocycles. The Morgan fingerprint density at radius 2 is 1.87 bits per heavy atom. The average Bonchev–Trinajstić information content (AvgIpc) is 3.22. The fourth-order valence-electron chi connectivity index (χ4n) is 3.11. The number of para-hydroxylation sites is 1. The van der Waals surface area contributed by atoms with Crippen molar-refractivity contribution in [2.75, 3.05) is 26.1 Å². The van der Waals surface area contributed by atoms with Crippen LogP contribution in [-0.4, -0.2) is 32.7 Å². The number of esters is 1. The van der Waals surface area contributed by atoms with Crippen LogP contribution in [0.4, 0.5) is 5.69 Å². The Labute approximate surface area is 177 Å². The number of thiophene rings is 1. The van der Waals surface area contributed by atoms with Crippen molar-refractivity contribution in [3.63, 3.8) is 0 Å². The number of hydrogen-bond donors (Lipinski definition) is 1. The van der Waals surface area contributed by atoms with Gasteiger partial charge in [-0.1, -0.05) is 12.1 Å². The molecule has 0 aliphatic carbocycles. The summed E-state index contributed by atoms with van der Waals surface area (Å²) in [5.41, 5.74) is 2.39. The summed E-state index contributed by atoms with van der Waals surface area (Å²) in [5, 5.41) is 2.67. The third-order valence-corrected chi connectivity index (χ3v) is 5.72. The molecular weight excluding hydrogens is 406 g/mol. The fourth-order valence-corrected chi connectivity index (χ4v) is 4.20. The second-order valence-electron chi connectivity index (χ2n) is 6.44. The lowest BCUT2D eigenvalue weighted by molar-refractivity contribution is -0.119. The van der Waals surface area contributed by atoms with Gasteiger partial charge in [-0.3, -0.25) is 4.79 Å². The first kappa shape index (κ1) is 19.8. The summed E-state index contributed by atoms with van der Waals surface area (Å²) < 4.78 is 21.3. The van der Waals surface area contributed by atoms with Gasteiger partial charge in [0, 0.05) is 27.8 Å². The first-order valence-electron chi connectivity index (χ1n) is 9.13. The van der Waals surface area contributed by atoms with Gasteiger partial charge >= 0.3 is 5.97 Å². The van der Waals surface area contributed by atoms with Crippen molar-refractivity contribution < 1.29 is 28.5 Å². The minimum atomic E-state index is -0.547.